The second kappa shape index (κ2) is 7.47. The van der Waals surface area contributed by atoms with Gasteiger partial charge in [-0.3, -0.25) is 0 Å². The van der Waals surface area contributed by atoms with E-state index in [1.54, 1.807) is 6.07 Å². The van der Waals surface area contributed by atoms with Crippen molar-refractivity contribution in [3.63, 3.8) is 0 Å². The number of benzene rings is 1. The SMILES string of the molecule is N#Cc1cc(NCC2CCC(C3=C4c5cc[nH]c5N=CN4NN3)CC2)ccc1Cl. The molecule has 2 aromatic rings. The quantitative estimate of drug-likeness (QED) is 0.611. The molecule has 3 heterocycles. The Labute approximate surface area is 174 Å². The van der Waals surface area contributed by atoms with Crippen LogP contribution in [0.1, 0.15) is 36.8 Å². The number of nitriles is 1. The normalized spacial score (nSPS) is 22.7. The monoisotopic (exact) mass is 407 g/mol. The second-order valence-electron chi connectivity index (χ2n) is 7.76. The Morgan fingerprint density at radius 1 is 1.24 bits per heavy atom. The number of anilines is 1. The molecule has 1 aromatic carbocycles. The lowest BCUT2D eigenvalue weighted by Crippen LogP contribution is -2.38. The van der Waals surface area contributed by atoms with Gasteiger partial charge in [0, 0.05) is 29.9 Å². The molecule has 1 aromatic heterocycles. The van der Waals surface area contributed by atoms with Gasteiger partial charge >= 0.3 is 0 Å². The molecule has 2 aliphatic heterocycles. The van der Waals surface area contributed by atoms with Crippen LogP contribution in [0.15, 0.2) is 41.2 Å². The second-order valence-corrected chi connectivity index (χ2v) is 8.17. The zero-order valence-electron chi connectivity index (χ0n) is 15.9. The fourth-order valence-corrected chi connectivity index (χ4v) is 4.59. The minimum atomic E-state index is 0.498. The summed E-state index contributed by atoms with van der Waals surface area (Å²) in [6, 6.07) is 9.75. The molecular formula is C21H22ClN7. The molecule has 148 valence electrons. The molecule has 4 N–H and O–H groups in total. The first kappa shape index (κ1) is 18.1. The maximum atomic E-state index is 9.13. The Morgan fingerprint density at radius 2 is 2.10 bits per heavy atom. The summed E-state index contributed by atoms with van der Waals surface area (Å²) in [4.78, 5) is 7.62. The molecule has 0 spiro atoms. The molecule has 1 saturated carbocycles. The van der Waals surface area contributed by atoms with Gasteiger partial charge in [-0.15, -0.1) is 5.53 Å². The molecule has 0 bridgehead atoms. The standard InChI is InChI=1S/C21H22ClN7/c22-18-6-5-16(9-15(18)10-23)25-11-13-1-3-14(4-2-13)19-20-17-7-8-24-21(17)26-12-29(20)28-27-19/h5-9,12-14,24-25,27-28H,1-4,11H2. The van der Waals surface area contributed by atoms with Crippen molar-refractivity contribution in [1.29, 1.82) is 5.26 Å². The molecule has 0 unspecified atom stereocenters. The van der Waals surface area contributed by atoms with Crippen molar-refractivity contribution in [3.05, 3.63) is 52.3 Å². The van der Waals surface area contributed by atoms with E-state index in [9.17, 15) is 0 Å². The molecule has 0 saturated heterocycles. The zero-order valence-corrected chi connectivity index (χ0v) is 16.6. The number of allylic oxidation sites excluding steroid dienone is 1. The third-order valence-electron chi connectivity index (χ3n) is 6.03. The van der Waals surface area contributed by atoms with Crippen LogP contribution in [0, 0.1) is 23.2 Å². The van der Waals surface area contributed by atoms with Gasteiger partial charge in [0.1, 0.15) is 18.2 Å². The summed E-state index contributed by atoms with van der Waals surface area (Å²) >= 11 is 6.02. The van der Waals surface area contributed by atoms with Crippen LogP contribution in [0.2, 0.25) is 5.02 Å². The summed E-state index contributed by atoms with van der Waals surface area (Å²) in [6.45, 7) is 0.914. The average Bonchev–Trinajstić information content (AvgIpc) is 3.40. The Morgan fingerprint density at radius 3 is 2.93 bits per heavy atom. The molecule has 1 aliphatic carbocycles. The number of aromatic amines is 1. The largest absolute Gasteiger partial charge is 0.385 e. The van der Waals surface area contributed by atoms with Crippen LogP contribution in [0.4, 0.5) is 11.5 Å². The maximum absolute atomic E-state index is 9.13. The van der Waals surface area contributed by atoms with Crippen molar-refractivity contribution in [2.75, 3.05) is 11.9 Å². The van der Waals surface area contributed by atoms with Gasteiger partial charge in [0.05, 0.1) is 22.0 Å². The lowest BCUT2D eigenvalue weighted by Gasteiger charge is -2.30. The molecule has 0 radical (unpaired) electrons. The highest BCUT2D eigenvalue weighted by molar-refractivity contribution is 6.31. The van der Waals surface area contributed by atoms with Crippen molar-refractivity contribution in [1.82, 2.24) is 21.0 Å². The molecule has 0 atom stereocenters. The number of nitrogens with one attached hydrogen (secondary N) is 4. The molecule has 29 heavy (non-hydrogen) atoms. The molecule has 7 nitrogen and oxygen atoms in total. The van der Waals surface area contributed by atoms with Crippen molar-refractivity contribution in [3.8, 4) is 6.07 Å². The van der Waals surface area contributed by atoms with Gasteiger partial charge in [0.2, 0.25) is 0 Å². The van der Waals surface area contributed by atoms with E-state index in [-0.39, 0.29) is 0 Å². The molecule has 0 amide bonds. The van der Waals surface area contributed by atoms with Crippen LogP contribution in [-0.2, 0) is 0 Å². The minimum Gasteiger partial charge on any atom is -0.385 e. The van der Waals surface area contributed by atoms with Gasteiger partial charge in [0.15, 0.2) is 0 Å². The minimum absolute atomic E-state index is 0.498. The first-order chi connectivity index (χ1) is 14.2. The van der Waals surface area contributed by atoms with Gasteiger partial charge < -0.3 is 15.7 Å². The first-order valence-electron chi connectivity index (χ1n) is 9.93. The molecule has 8 heteroatoms. The number of rotatable bonds is 4. The number of hydrazine groups is 2. The molecular weight excluding hydrogens is 386 g/mol. The Bertz CT molecular complexity index is 1020. The van der Waals surface area contributed by atoms with E-state index in [0.717, 1.165) is 36.5 Å². The van der Waals surface area contributed by atoms with Crippen molar-refractivity contribution in [2.24, 2.45) is 16.8 Å². The number of hydrogen-bond acceptors (Lipinski definition) is 6. The lowest BCUT2D eigenvalue weighted by molar-refractivity contribution is 0.300. The third-order valence-corrected chi connectivity index (χ3v) is 6.36. The highest BCUT2D eigenvalue weighted by Gasteiger charge is 2.34. The first-order valence-corrected chi connectivity index (χ1v) is 10.3. The van der Waals surface area contributed by atoms with Crippen molar-refractivity contribution >= 4 is 35.1 Å². The lowest BCUT2D eigenvalue weighted by atomic mass is 9.79. The van der Waals surface area contributed by atoms with Crippen LogP contribution in [0.25, 0.3) is 5.70 Å². The third kappa shape index (κ3) is 3.35. The van der Waals surface area contributed by atoms with Gasteiger partial charge in [-0.05, 0) is 55.9 Å². The average molecular weight is 408 g/mol. The number of fused-ring (bicyclic) bond motifs is 3. The highest BCUT2D eigenvalue weighted by atomic mass is 35.5. The topological polar surface area (TPSA) is 91.3 Å². The summed E-state index contributed by atoms with van der Waals surface area (Å²) in [6.07, 6.45) is 8.38. The highest BCUT2D eigenvalue weighted by Crippen LogP contribution is 2.40. The number of aromatic nitrogens is 1. The van der Waals surface area contributed by atoms with E-state index < -0.39 is 0 Å². The van der Waals surface area contributed by atoms with Crippen LogP contribution in [0.5, 0.6) is 0 Å². The summed E-state index contributed by atoms with van der Waals surface area (Å²) < 4.78 is 0. The molecule has 1 fully saturated rings. The summed E-state index contributed by atoms with van der Waals surface area (Å²) in [5, 5.41) is 15.1. The van der Waals surface area contributed by atoms with Crippen LogP contribution in [0.3, 0.4) is 0 Å². The Balaban J connectivity index is 1.22. The summed E-state index contributed by atoms with van der Waals surface area (Å²) in [5.41, 5.74) is 11.6. The summed E-state index contributed by atoms with van der Waals surface area (Å²) in [5.74, 6) is 2.05. The van der Waals surface area contributed by atoms with E-state index in [1.807, 2.05) is 29.7 Å². The number of H-pyrrole nitrogens is 1. The number of aliphatic imine (C=N–C) groups is 1. The number of hydrogen-bond donors (Lipinski definition) is 4. The van der Waals surface area contributed by atoms with Crippen LogP contribution in [-0.4, -0.2) is 22.9 Å². The van der Waals surface area contributed by atoms with E-state index in [1.165, 1.54) is 24.2 Å². The van der Waals surface area contributed by atoms with Crippen LogP contribution < -0.4 is 16.3 Å². The maximum Gasteiger partial charge on any atom is 0.141 e. The summed E-state index contributed by atoms with van der Waals surface area (Å²) in [7, 11) is 0. The Hall–Kier alpha value is -2.95. The van der Waals surface area contributed by atoms with Gasteiger partial charge in [-0.1, -0.05) is 11.6 Å². The number of halogens is 1. The smallest absolute Gasteiger partial charge is 0.141 e. The van der Waals surface area contributed by atoms with E-state index >= 15 is 0 Å². The predicted molar refractivity (Wildman–Crippen MR) is 114 cm³/mol. The Kier molecular flexibility index (Phi) is 4.66. The zero-order chi connectivity index (χ0) is 19.8. The van der Waals surface area contributed by atoms with Crippen molar-refractivity contribution < 1.29 is 0 Å². The van der Waals surface area contributed by atoms with Gasteiger partial charge in [-0.25, -0.2) is 10.0 Å². The van der Waals surface area contributed by atoms with E-state index in [0.29, 0.717) is 22.4 Å². The number of nitrogens with zero attached hydrogens (tertiary/aromatic N) is 3. The predicted octanol–water partition coefficient (Wildman–Crippen LogP) is 4.13. The van der Waals surface area contributed by atoms with Crippen LogP contribution >= 0.6 is 11.6 Å². The van der Waals surface area contributed by atoms with E-state index in [4.69, 9.17) is 16.9 Å². The molecule has 5 rings (SSSR count). The van der Waals surface area contributed by atoms with E-state index in [2.05, 4.69) is 38.4 Å². The van der Waals surface area contributed by atoms with Crippen molar-refractivity contribution in [2.45, 2.75) is 25.7 Å². The molecule has 3 aliphatic rings. The fraction of sp³-hybridized carbons (Fsp3) is 0.333. The fourth-order valence-electron chi connectivity index (χ4n) is 4.43. The van der Waals surface area contributed by atoms with Gasteiger partial charge in [-0.2, -0.15) is 5.26 Å². The van der Waals surface area contributed by atoms with Gasteiger partial charge in [0.25, 0.3) is 0 Å².